The Hall–Kier alpha value is -0.920. The van der Waals surface area contributed by atoms with E-state index in [0.717, 1.165) is 50.4 Å². The molecule has 0 amide bonds. The topological polar surface area (TPSA) is 69.3 Å². The molecule has 1 N–H and O–H groups in total. The van der Waals surface area contributed by atoms with Crippen molar-refractivity contribution in [2.24, 2.45) is 0 Å². The molecule has 2 atom stereocenters. The van der Waals surface area contributed by atoms with Gasteiger partial charge in [-0.1, -0.05) is 13.3 Å². The fourth-order valence-corrected chi connectivity index (χ4v) is 5.71. The number of aryl methyl sites for hydroxylation is 1. The van der Waals surface area contributed by atoms with E-state index in [4.69, 9.17) is 0 Å². The van der Waals surface area contributed by atoms with E-state index < -0.39 is 9.84 Å². The molecule has 0 bridgehead atoms. The lowest BCUT2D eigenvalue weighted by atomic mass is 10.0. The molecule has 7 heteroatoms. The first-order chi connectivity index (χ1) is 10.5. The van der Waals surface area contributed by atoms with Gasteiger partial charge in [0.2, 0.25) is 0 Å². The van der Waals surface area contributed by atoms with Crippen molar-refractivity contribution in [1.29, 1.82) is 0 Å². The molecule has 2 fully saturated rings. The summed E-state index contributed by atoms with van der Waals surface area (Å²) >= 11 is 0. The molecule has 0 aromatic carbocycles. The number of aromatic amines is 1. The Morgan fingerprint density at radius 1 is 1.27 bits per heavy atom. The third-order valence-electron chi connectivity index (χ3n) is 4.99. The maximum atomic E-state index is 12.2. The van der Waals surface area contributed by atoms with Gasteiger partial charge in [0.05, 0.1) is 23.5 Å². The maximum absolute atomic E-state index is 12.2. The van der Waals surface area contributed by atoms with Crippen molar-refractivity contribution in [3.05, 3.63) is 17.7 Å². The highest BCUT2D eigenvalue weighted by atomic mass is 32.2. The summed E-state index contributed by atoms with van der Waals surface area (Å²) in [5, 5.41) is 0. The van der Waals surface area contributed by atoms with E-state index in [-0.39, 0.29) is 12.1 Å². The van der Waals surface area contributed by atoms with Crippen LogP contribution < -0.4 is 0 Å². The second-order valence-electron chi connectivity index (χ2n) is 6.55. The monoisotopic (exact) mass is 326 g/mol. The quantitative estimate of drug-likeness (QED) is 0.867. The second-order valence-corrected chi connectivity index (χ2v) is 8.70. The van der Waals surface area contributed by atoms with Gasteiger partial charge in [-0.05, 0) is 19.9 Å². The molecule has 3 rings (SSSR count). The van der Waals surface area contributed by atoms with Gasteiger partial charge in [-0.3, -0.25) is 9.80 Å². The first-order valence-corrected chi connectivity index (χ1v) is 9.99. The van der Waals surface area contributed by atoms with Crippen LogP contribution in [0.2, 0.25) is 0 Å². The fourth-order valence-electron chi connectivity index (χ4n) is 3.67. The van der Waals surface area contributed by atoms with E-state index >= 15 is 0 Å². The number of rotatable bonds is 5. The second kappa shape index (κ2) is 6.29. The molecule has 0 spiro atoms. The Morgan fingerprint density at radius 2 is 1.95 bits per heavy atom. The van der Waals surface area contributed by atoms with Crippen LogP contribution >= 0.6 is 0 Å². The summed E-state index contributed by atoms with van der Waals surface area (Å²) in [6.45, 7) is 7.84. The maximum Gasteiger partial charge on any atom is 0.153 e. The van der Waals surface area contributed by atoms with Crippen molar-refractivity contribution < 1.29 is 8.42 Å². The van der Waals surface area contributed by atoms with E-state index in [2.05, 4.69) is 26.7 Å². The molecule has 0 unspecified atom stereocenters. The number of sulfone groups is 1. The standard InChI is InChI=1S/C15H26N4O2S/c1-3-4-5-18-6-7-19(8-13-12(2)16-11-17-13)15-10-22(20,21)9-14(15)18/h11,14-15H,3-10H2,1-2H3,(H,16,17)/t14-,15+/m1/s1. The van der Waals surface area contributed by atoms with Crippen LogP contribution in [-0.2, 0) is 16.4 Å². The van der Waals surface area contributed by atoms with Crippen molar-refractivity contribution in [2.45, 2.75) is 45.3 Å². The first kappa shape index (κ1) is 16.0. The number of hydrogen-bond acceptors (Lipinski definition) is 5. The molecule has 0 saturated carbocycles. The Kier molecular flexibility index (Phi) is 4.56. The van der Waals surface area contributed by atoms with Crippen LogP contribution in [0.3, 0.4) is 0 Å². The van der Waals surface area contributed by atoms with E-state index in [1.807, 2.05) is 6.92 Å². The van der Waals surface area contributed by atoms with Gasteiger partial charge < -0.3 is 4.98 Å². The van der Waals surface area contributed by atoms with Gasteiger partial charge in [-0.15, -0.1) is 0 Å². The first-order valence-electron chi connectivity index (χ1n) is 8.17. The summed E-state index contributed by atoms with van der Waals surface area (Å²) in [6, 6.07) is 0.274. The number of fused-ring (bicyclic) bond motifs is 1. The fraction of sp³-hybridized carbons (Fsp3) is 0.800. The summed E-state index contributed by atoms with van der Waals surface area (Å²) in [7, 11) is -2.92. The van der Waals surface area contributed by atoms with E-state index in [0.29, 0.717) is 11.5 Å². The average molecular weight is 326 g/mol. The van der Waals surface area contributed by atoms with Gasteiger partial charge in [0.25, 0.3) is 0 Å². The zero-order valence-electron chi connectivity index (χ0n) is 13.5. The molecule has 3 heterocycles. The molecule has 1 aromatic rings. The lowest BCUT2D eigenvalue weighted by molar-refractivity contribution is 0.0389. The minimum absolute atomic E-state index is 0.117. The van der Waals surface area contributed by atoms with Crippen LogP contribution in [0, 0.1) is 6.92 Å². The number of aromatic nitrogens is 2. The van der Waals surface area contributed by atoms with E-state index in [1.54, 1.807) is 6.33 Å². The number of piperazine rings is 1. The van der Waals surface area contributed by atoms with Gasteiger partial charge >= 0.3 is 0 Å². The Balaban J connectivity index is 1.76. The molecule has 1 aromatic heterocycles. The molecule has 124 valence electrons. The zero-order chi connectivity index (χ0) is 15.7. The van der Waals surface area contributed by atoms with Crippen molar-refractivity contribution in [2.75, 3.05) is 31.1 Å². The highest BCUT2D eigenvalue weighted by Gasteiger charge is 2.46. The molecule has 22 heavy (non-hydrogen) atoms. The third-order valence-corrected chi connectivity index (χ3v) is 6.69. The van der Waals surface area contributed by atoms with Gasteiger partial charge in [-0.2, -0.15) is 0 Å². The molecular formula is C15H26N4O2S. The van der Waals surface area contributed by atoms with Gasteiger partial charge in [0.1, 0.15) is 0 Å². The van der Waals surface area contributed by atoms with Crippen LogP contribution in [0.5, 0.6) is 0 Å². The summed E-state index contributed by atoms with van der Waals surface area (Å²) in [5.74, 6) is 0.612. The van der Waals surface area contributed by atoms with Crippen LogP contribution in [-0.4, -0.2) is 71.4 Å². The SMILES string of the molecule is CCCCN1CCN(Cc2nc[nH]c2C)[C@H]2CS(=O)(=O)C[C@H]21. The number of nitrogens with one attached hydrogen (secondary N) is 1. The number of imidazole rings is 1. The van der Waals surface area contributed by atoms with Gasteiger partial charge in [0, 0.05) is 37.4 Å². The molecule has 6 nitrogen and oxygen atoms in total. The highest BCUT2D eigenvalue weighted by Crippen LogP contribution is 2.28. The molecule has 2 aliphatic rings. The lowest BCUT2D eigenvalue weighted by Crippen LogP contribution is -2.58. The predicted molar refractivity (Wildman–Crippen MR) is 86.4 cm³/mol. The van der Waals surface area contributed by atoms with Crippen molar-refractivity contribution in [3.63, 3.8) is 0 Å². The Bertz CT molecular complexity index is 613. The van der Waals surface area contributed by atoms with Crippen LogP contribution in [0.15, 0.2) is 6.33 Å². The van der Waals surface area contributed by atoms with E-state index in [1.165, 1.54) is 0 Å². The molecule has 0 radical (unpaired) electrons. The summed E-state index contributed by atoms with van der Waals surface area (Å²) < 4.78 is 24.3. The van der Waals surface area contributed by atoms with Crippen LogP contribution in [0.1, 0.15) is 31.2 Å². The average Bonchev–Trinajstić information content (AvgIpc) is 3.01. The molecule has 2 saturated heterocycles. The van der Waals surface area contributed by atoms with Crippen LogP contribution in [0.25, 0.3) is 0 Å². The smallest absolute Gasteiger partial charge is 0.153 e. The van der Waals surface area contributed by atoms with Crippen molar-refractivity contribution in [3.8, 4) is 0 Å². The van der Waals surface area contributed by atoms with Gasteiger partial charge in [0.15, 0.2) is 9.84 Å². The molecular weight excluding hydrogens is 300 g/mol. The summed E-state index contributed by atoms with van der Waals surface area (Å²) in [5.41, 5.74) is 2.11. The predicted octanol–water partition coefficient (Wildman–Crippen LogP) is 0.801. The Labute approximate surface area is 132 Å². The lowest BCUT2D eigenvalue weighted by Gasteiger charge is -2.43. The molecule has 2 aliphatic heterocycles. The summed E-state index contributed by atoms with van der Waals surface area (Å²) in [4.78, 5) is 12.2. The Morgan fingerprint density at radius 3 is 2.59 bits per heavy atom. The van der Waals surface area contributed by atoms with E-state index in [9.17, 15) is 8.42 Å². The number of unbranched alkanes of at least 4 members (excludes halogenated alkanes) is 1. The normalized spacial score (nSPS) is 28.8. The van der Waals surface area contributed by atoms with Crippen molar-refractivity contribution in [1.82, 2.24) is 19.8 Å². The number of hydrogen-bond donors (Lipinski definition) is 1. The minimum Gasteiger partial charge on any atom is -0.348 e. The van der Waals surface area contributed by atoms with Gasteiger partial charge in [-0.25, -0.2) is 13.4 Å². The minimum atomic E-state index is -2.92. The van der Waals surface area contributed by atoms with Crippen molar-refractivity contribution >= 4 is 9.84 Å². The molecule has 0 aliphatic carbocycles. The highest BCUT2D eigenvalue weighted by molar-refractivity contribution is 7.91. The largest absolute Gasteiger partial charge is 0.348 e. The number of nitrogens with zero attached hydrogens (tertiary/aromatic N) is 3. The zero-order valence-corrected chi connectivity index (χ0v) is 14.3. The summed E-state index contributed by atoms with van der Waals surface area (Å²) in [6.07, 6.45) is 4.00. The number of H-pyrrole nitrogens is 1. The third kappa shape index (κ3) is 3.21. The van der Waals surface area contributed by atoms with Crippen LogP contribution in [0.4, 0.5) is 0 Å².